The molecule has 0 aromatic carbocycles. The average Bonchev–Trinajstić information content (AvgIpc) is 2.44. The Morgan fingerprint density at radius 1 is 1.28 bits per heavy atom. The van der Waals surface area contributed by atoms with Gasteiger partial charge in [0, 0.05) is 11.7 Å². The highest BCUT2D eigenvalue weighted by atomic mass is 19.4. The average molecular weight is 359 g/mol. The fourth-order valence-electron chi connectivity index (χ4n) is 3.16. The minimum Gasteiger partial charge on any atom is -0.446 e. The molecule has 1 aliphatic rings. The smallest absolute Gasteiger partial charge is 0.407 e. The number of nitrogen functional groups attached to an aromatic ring is 1. The van der Waals surface area contributed by atoms with E-state index in [2.05, 4.69) is 10.3 Å². The fraction of sp³-hybridized carbons (Fsp3) is 0.647. The summed E-state index contributed by atoms with van der Waals surface area (Å²) in [5.41, 5.74) is 6.32. The second-order valence-corrected chi connectivity index (χ2v) is 7.55. The van der Waals surface area contributed by atoms with Crippen LogP contribution in [-0.2, 0) is 4.74 Å². The second kappa shape index (κ2) is 7.09. The summed E-state index contributed by atoms with van der Waals surface area (Å²) in [6.45, 7) is 5.32. The Labute approximate surface area is 145 Å². The summed E-state index contributed by atoms with van der Waals surface area (Å²) < 4.78 is 45.2. The molecule has 3 N–H and O–H groups in total. The van der Waals surface area contributed by atoms with E-state index in [0.29, 0.717) is 17.7 Å². The number of halogens is 3. The summed E-state index contributed by atoms with van der Waals surface area (Å²) in [7, 11) is 0. The summed E-state index contributed by atoms with van der Waals surface area (Å²) in [4.78, 5) is 15.8. The zero-order valence-electron chi connectivity index (χ0n) is 14.6. The molecule has 140 valence electrons. The molecule has 0 bridgehead atoms. The number of alkyl carbamates (subject to hydrolysis) is 1. The Bertz CT molecular complexity index is 614. The zero-order chi connectivity index (χ0) is 18.8. The molecule has 0 spiro atoms. The van der Waals surface area contributed by atoms with E-state index in [1.165, 1.54) is 12.4 Å². The van der Waals surface area contributed by atoms with Gasteiger partial charge in [0.15, 0.2) is 0 Å². The predicted molar refractivity (Wildman–Crippen MR) is 87.9 cm³/mol. The highest BCUT2D eigenvalue weighted by Gasteiger charge is 2.46. The third-order valence-corrected chi connectivity index (χ3v) is 4.20. The van der Waals surface area contributed by atoms with Gasteiger partial charge < -0.3 is 15.8 Å². The third kappa shape index (κ3) is 5.51. The number of hydrogen-bond donors (Lipinski definition) is 2. The van der Waals surface area contributed by atoms with Crippen LogP contribution in [0.4, 0.5) is 23.7 Å². The number of aromatic nitrogens is 1. The van der Waals surface area contributed by atoms with Crippen molar-refractivity contribution in [1.29, 1.82) is 0 Å². The monoisotopic (exact) mass is 359 g/mol. The van der Waals surface area contributed by atoms with E-state index in [1.807, 2.05) is 0 Å². The van der Waals surface area contributed by atoms with Gasteiger partial charge >= 0.3 is 12.3 Å². The summed E-state index contributed by atoms with van der Waals surface area (Å²) >= 11 is 0. The van der Waals surface area contributed by atoms with Crippen molar-refractivity contribution in [1.82, 2.24) is 10.3 Å². The molecule has 0 aliphatic heterocycles. The van der Waals surface area contributed by atoms with E-state index < -0.39 is 35.7 Å². The number of hydrogen-bond acceptors (Lipinski definition) is 4. The molecule has 3 atom stereocenters. The molecule has 2 rings (SSSR count). The van der Waals surface area contributed by atoms with Gasteiger partial charge in [0.05, 0.1) is 17.8 Å². The van der Waals surface area contributed by atoms with Crippen LogP contribution in [0.15, 0.2) is 18.5 Å². The van der Waals surface area contributed by atoms with Crippen LogP contribution in [0, 0.1) is 5.92 Å². The van der Waals surface area contributed by atoms with Crippen LogP contribution in [0.2, 0.25) is 0 Å². The highest BCUT2D eigenvalue weighted by Crippen LogP contribution is 2.45. The van der Waals surface area contributed by atoms with Crippen LogP contribution in [0.1, 0.15) is 51.5 Å². The number of rotatable bonds is 2. The molecular formula is C17H24F3N3O2. The van der Waals surface area contributed by atoms with Gasteiger partial charge in [-0.05, 0) is 57.6 Å². The van der Waals surface area contributed by atoms with Gasteiger partial charge in [-0.2, -0.15) is 13.2 Å². The van der Waals surface area contributed by atoms with Crippen molar-refractivity contribution < 1.29 is 22.7 Å². The molecule has 1 aromatic heterocycles. The SMILES string of the molecule is CC(C)(C)NC(=O)OC1CC(c2ccncc2N)CC(C(F)(F)F)C1. The van der Waals surface area contributed by atoms with Crippen LogP contribution in [0.5, 0.6) is 0 Å². The van der Waals surface area contributed by atoms with E-state index in [4.69, 9.17) is 10.5 Å². The number of nitrogens with one attached hydrogen (secondary N) is 1. The van der Waals surface area contributed by atoms with Crippen molar-refractivity contribution in [3.05, 3.63) is 24.0 Å². The molecule has 0 saturated heterocycles. The van der Waals surface area contributed by atoms with E-state index in [0.717, 1.165) is 0 Å². The quantitative estimate of drug-likeness (QED) is 0.837. The van der Waals surface area contributed by atoms with Crippen LogP contribution in [0.25, 0.3) is 0 Å². The Balaban J connectivity index is 2.17. The van der Waals surface area contributed by atoms with Crippen molar-refractivity contribution in [3.8, 4) is 0 Å². The first kappa shape index (κ1) is 19.3. The fourth-order valence-corrected chi connectivity index (χ4v) is 3.16. The summed E-state index contributed by atoms with van der Waals surface area (Å²) in [5, 5.41) is 2.61. The molecule has 1 fully saturated rings. The Morgan fingerprint density at radius 2 is 1.96 bits per heavy atom. The van der Waals surface area contributed by atoms with E-state index in [1.54, 1.807) is 26.8 Å². The Morgan fingerprint density at radius 3 is 2.52 bits per heavy atom. The lowest BCUT2D eigenvalue weighted by Gasteiger charge is -2.36. The van der Waals surface area contributed by atoms with Crippen molar-refractivity contribution in [2.75, 3.05) is 5.73 Å². The van der Waals surface area contributed by atoms with E-state index >= 15 is 0 Å². The van der Waals surface area contributed by atoms with Gasteiger partial charge in [0.2, 0.25) is 0 Å². The Hall–Kier alpha value is -1.99. The molecule has 1 aromatic rings. The lowest BCUT2D eigenvalue weighted by molar-refractivity contribution is -0.191. The molecule has 5 nitrogen and oxygen atoms in total. The first-order chi connectivity index (χ1) is 11.5. The lowest BCUT2D eigenvalue weighted by atomic mass is 9.76. The number of carbonyl (C=O) groups is 1. The molecule has 8 heteroatoms. The number of nitrogens with two attached hydrogens (primary N) is 1. The van der Waals surface area contributed by atoms with Crippen molar-refractivity contribution in [2.45, 2.75) is 63.8 Å². The number of nitrogens with zero attached hydrogens (tertiary/aromatic N) is 1. The van der Waals surface area contributed by atoms with Crippen LogP contribution < -0.4 is 11.1 Å². The Kier molecular flexibility index (Phi) is 5.49. The molecule has 0 radical (unpaired) electrons. The topological polar surface area (TPSA) is 77.2 Å². The van der Waals surface area contributed by atoms with Crippen molar-refractivity contribution in [2.24, 2.45) is 5.92 Å². The van der Waals surface area contributed by atoms with Crippen LogP contribution >= 0.6 is 0 Å². The predicted octanol–water partition coefficient (Wildman–Crippen LogP) is 4.00. The third-order valence-electron chi connectivity index (χ3n) is 4.20. The number of pyridine rings is 1. The van der Waals surface area contributed by atoms with Crippen molar-refractivity contribution >= 4 is 11.8 Å². The van der Waals surface area contributed by atoms with Gasteiger partial charge in [-0.1, -0.05) is 0 Å². The van der Waals surface area contributed by atoms with Gasteiger partial charge in [-0.15, -0.1) is 0 Å². The normalized spacial score (nSPS) is 24.6. The summed E-state index contributed by atoms with van der Waals surface area (Å²) in [5.74, 6) is -1.97. The van der Waals surface area contributed by atoms with Gasteiger partial charge in [0.1, 0.15) is 6.10 Å². The van der Waals surface area contributed by atoms with E-state index in [9.17, 15) is 18.0 Å². The second-order valence-electron chi connectivity index (χ2n) is 7.55. The van der Waals surface area contributed by atoms with Crippen LogP contribution in [-0.4, -0.2) is 28.9 Å². The van der Waals surface area contributed by atoms with Gasteiger partial charge in [-0.25, -0.2) is 4.79 Å². The van der Waals surface area contributed by atoms with Gasteiger partial charge in [0.25, 0.3) is 0 Å². The number of anilines is 1. The maximum atomic E-state index is 13.3. The summed E-state index contributed by atoms with van der Waals surface area (Å²) in [6.07, 6.45) is -2.94. The number of ether oxygens (including phenoxy) is 1. The zero-order valence-corrected chi connectivity index (χ0v) is 14.6. The molecular weight excluding hydrogens is 335 g/mol. The molecule has 3 unspecified atom stereocenters. The number of alkyl halides is 3. The highest BCUT2D eigenvalue weighted by molar-refractivity contribution is 5.68. The summed E-state index contributed by atoms with van der Waals surface area (Å²) in [6, 6.07) is 1.63. The van der Waals surface area contributed by atoms with Crippen LogP contribution in [0.3, 0.4) is 0 Å². The molecule has 1 saturated carbocycles. The first-order valence-corrected chi connectivity index (χ1v) is 8.20. The van der Waals surface area contributed by atoms with Crippen molar-refractivity contribution in [3.63, 3.8) is 0 Å². The largest absolute Gasteiger partial charge is 0.446 e. The first-order valence-electron chi connectivity index (χ1n) is 8.20. The van der Waals surface area contributed by atoms with E-state index in [-0.39, 0.29) is 12.8 Å². The maximum absolute atomic E-state index is 13.3. The maximum Gasteiger partial charge on any atom is 0.407 e. The molecule has 25 heavy (non-hydrogen) atoms. The minimum atomic E-state index is -4.34. The van der Waals surface area contributed by atoms with Gasteiger partial charge in [-0.3, -0.25) is 4.98 Å². The molecule has 1 heterocycles. The molecule has 1 aliphatic carbocycles. The number of amides is 1. The lowest BCUT2D eigenvalue weighted by Crippen LogP contribution is -2.44. The minimum absolute atomic E-state index is 0.0710. The molecule has 1 amide bonds. The number of carbonyl (C=O) groups excluding carboxylic acids is 1. The standard InChI is InChI=1S/C17H24F3N3O2/c1-16(2,3)23-15(24)25-12-7-10(6-11(8-12)17(18,19)20)13-4-5-22-9-14(13)21/h4-5,9-12H,6-8,21H2,1-3H3,(H,23,24).